The molecule has 6 nitrogen and oxygen atoms in total. The monoisotopic (exact) mass is 312 g/mol. The highest BCUT2D eigenvalue weighted by Gasteiger charge is 2.15. The smallest absolute Gasteiger partial charge is 0.314 e. The van der Waals surface area contributed by atoms with Crippen molar-refractivity contribution in [1.82, 2.24) is 15.6 Å². The van der Waals surface area contributed by atoms with Crippen LogP contribution in [0.2, 0.25) is 0 Å². The van der Waals surface area contributed by atoms with Crippen LogP contribution < -0.4 is 15.5 Å². The van der Waals surface area contributed by atoms with Gasteiger partial charge in [-0.1, -0.05) is 0 Å². The van der Waals surface area contributed by atoms with Gasteiger partial charge in [-0.25, -0.2) is 9.78 Å². The molecule has 118 valence electrons. The topological polar surface area (TPSA) is 77.5 Å². The van der Waals surface area contributed by atoms with Crippen molar-refractivity contribution >= 4 is 22.5 Å². The summed E-state index contributed by atoms with van der Waals surface area (Å²) in [5.41, 5.74) is 1.03. The third kappa shape index (κ3) is 5.51. The number of nitrogens with one attached hydrogen (secondary N) is 2. The van der Waals surface area contributed by atoms with Gasteiger partial charge in [0.25, 0.3) is 0 Å². The quantitative estimate of drug-likeness (QED) is 0.710. The molecule has 0 aliphatic carbocycles. The molecule has 1 atom stereocenters. The molecule has 1 unspecified atom stereocenters. The normalized spacial score (nSPS) is 16.0. The molecule has 1 aromatic rings. The van der Waals surface area contributed by atoms with Crippen LogP contribution in [0.3, 0.4) is 0 Å². The van der Waals surface area contributed by atoms with Crippen molar-refractivity contribution < 1.29 is 9.90 Å². The van der Waals surface area contributed by atoms with Crippen LogP contribution in [0, 0.1) is 0 Å². The lowest BCUT2D eigenvalue weighted by molar-refractivity contribution is 0.183. The number of anilines is 1. The molecule has 1 aliphatic heterocycles. The molecule has 2 amide bonds. The van der Waals surface area contributed by atoms with Gasteiger partial charge in [0.15, 0.2) is 5.13 Å². The van der Waals surface area contributed by atoms with Crippen molar-refractivity contribution in [1.29, 1.82) is 0 Å². The first kappa shape index (κ1) is 16.0. The van der Waals surface area contributed by atoms with Crippen molar-refractivity contribution in [2.75, 3.05) is 31.1 Å². The summed E-state index contributed by atoms with van der Waals surface area (Å²) in [5.74, 6) is 0. The summed E-state index contributed by atoms with van der Waals surface area (Å²) < 4.78 is 0. The van der Waals surface area contributed by atoms with E-state index in [-0.39, 0.29) is 12.1 Å². The lowest BCUT2D eigenvalue weighted by atomic mass is 10.3. The highest BCUT2D eigenvalue weighted by Crippen LogP contribution is 2.24. The van der Waals surface area contributed by atoms with Crippen LogP contribution in [-0.2, 0) is 6.42 Å². The molecule has 21 heavy (non-hydrogen) atoms. The summed E-state index contributed by atoms with van der Waals surface area (Å²) in [5, 5.41) is 17.8. The van der Waals surface area contributed by atoms with Gasteiger partial charge in [0, 0.05) is 38.0 Å². The lowest BCUT2D eigenvalue weighted by Gasteiger charge is -2.12. The Hall–Kier alpha value is -1.34. The van der Waals surface area contributed by atoms with E-state index in [2.05, 4.69) is 25.9 Å². The van der Waals surface area contributed by atoms with Gasteiger partial charge in [0.05, 0.1) is 11.8 Å². The van der Waals surface area contributed by atoms with Gasteiger partial charge in [-0.05, 0) is 26.2 Å². The number of thiazole rings is 1. The number of amides is 2. The third-order valence-electron chi connectivity index (χ3n) is 3.43. The average molecular weight is 312 g/mol. The number of hydrogen-bond donors (Lipinski definition) is 3. The number of hydrogen-bond acceptors (Lipinski definition) is 5. The highest BCUT2D eigenvalue weighted by molar-refractivity contribution is 7.13. The van der Waals surface area contributed by atoms with Crippen molar-refractivity contribution in [3.8, 4) is 0 Å². The maximum absolute atomic E-state index is 11.5. The predicted molar refractivity (Wildman–Crippen MR) is 85.0 cm³/mol. The van der Waals surface area contributed by atoms with Crippen LogP contribution in [0.25, 0.3) is 0 Å². The zero-order chi connectivity index (χ0) is 15.1. The summed E-state index contributed by atoms with van der Waals surface area (Å²) in [6, 6.07) is -0.189. The number of rotatable bonds is 7. The molecule has 0 aromatic carbocycles. The van der Waals surface area contributed by atoms with E-state index in [1.165, 1.54) is 12.8 Å². The maximum atomic E-state index is 11.5. The standard InChI is InChI=1S/C14H24N4O2S/c1-11(19)4-6-15-13(20)16-7-5-12-10-21-14(17-12)18-8-2-3-9-18/h10-11,19H,2-9H2,1H3,(H2,15,16,20). The predicted octanol–water partition coefficient (Wildman–Crippen LogP) is 1.36. The fourth-order valence-electron chi connectivity index (χ4n) is 2.23. The van der Waals surface area contributed by atoms with Gasteiger partial charge in [-0.2, -0.15) is 0 Å². The van der Waals surface area contributed by atoms with Crippen molar-refractivity contribution in [3.05, 3.63) is 11.1 Å². The molecule has 0 radical (unpaired) electrons. The number of aliphatic hydroxyl groups excluding tert-OH is 1. The van der Waals surface area contributed by atoms with Crippen LogP contribution in [-0.4, -0.2) is 48.4 Å². The number of urea groups is 1. The SMILES string of the molecule is CC(O)CCNC(=O)NCCc1csc(N2CCCC2)n1. The van der Waals surface area contributed by atoms with Crippen LogP contribution in [0.15, 0.2) is 5.38 Å². The van der Waals surface area contributed by atoms with E-state index in [9.17, 15) is 4.79 Å². The Morgan fingerprint density at radius 2 is 2.14 bits per heavy atom. The largest absolute Gasteiger partial charge is 0.393 e. The fraction of sp³-hybridized carbons (Fsp3) is 0.714. The van der Waals surface area contributed by atoms with Crippen molar-refractivity contribution in [2.24, 2.45) is 0 Å². The van der Waals surface area contributed by atoms with Crippen LogP contribution in [0.1, 0.15) is 31.9 Å². The summed E-state index contributed by atoms with van der Waals surface area (Å²) in [6.07, 6.45) is 3.43. The Balaban J connectivity index is 1.63. The van der Waals surface area contributed by atoms with Gasteiger partial charge in [0.1, 0.15) is 0 Å². The number of aromatic nitrogens is 1. The average Bonchev–Trinajstić information content (AvgIpc) is 3.08. The third-order valence-corrected chi connectivity index (χ3v) is 4.38. The van der Waals surface area contributed by atoms with E-state index in [4.69, 9.17) is 5.11 Å². The number of carbonyl (C=O) groups is 1. The Morgan fingerprint density at radius 1 is 1.43 bits per heavy atom. The van der Waals surface area contributed by atoms with Crippen LogP contribution in [0.4, 0.5) is 9.93 Å². The molecule has 1 fully saturated rings. The Bertz CT molecular complexity index is 444. The van der Waals surface area contributed by atoms with E-state index in [1.54, 1.807) is 18.3 Å². The number of aliphatic hydroxyl groups is 1. The van der Waals surface area contributed by atoms with Gasteiger partial charge in [0.2, 0.25) is 0 Å². The summed E-state index contributed by atoms with van der Waals surface area (Å²) in [4.78, 5) is 18.4. The molecule has 0 saturated carbocycles. The van der Waals surface area contributed by atoms with Crippen molar-refractivity contribution in [2.45, 2.75) is 38.7 Å². The van der Waals surface area contributed by atoms with Gasteiger partial charge < -0.3 is 20.6 Å². The zero-order valence-electron chi connectivity index (χ0n) is 12.5. The molecular weight excluding hydrogens is 288 g/mol. The zero-order valence-corrected chi connectivity index (χ0v) is 13.3. The first-order valence-electron chi connectivity index (χ1n) is 7.54. The highest BCUT2D eigenvalue weighted by atomic mass is 32.1. The van der Waals surface area contributed by atoms with Crippen molar-refractivity contribution in [3.63, 3.8) is 0 Å². The van der Waals surface area contributed by atoms with E-state index < -0.39 is 0 Å². The number of nitrogens with zero attached hydrogens (tertiary/aromatic N) is 2. The maximum Gasteiger partial charge on any atom is 0.314 e. The minimum Gasteiger partial charge on any atom is -0.393 e. The summed E-state index contributed by atoms with van der Waals surface area (Å²) in [6.45, 7) is 4.98. The fourth-order valence-corrected chi connectivity index (χ4v) is 3.14. The molecular formula is C14H24N4O2S. The summed E-state index contributed by atoms with van der Waals surface area (Å²) >= 11 is 1.68. The minimum absolute atomic E-state index is 0.189. The molecule has 1 aliphatic rings. The second-order valence-electron chi connectivity index (χ2n) is 5.39. The summed E-state index contributed by atoms with van der Waals surface area (Å²) in [7, 11) is 0. The molecule has 0 bridgehead atoms. The molecule has 2 rings (SSSR count). The first-order valence-corrected chi connectivity index (χ1v) is 8.42. The van der Waals surface area contributed by atoms with Crippen LogP contribution >= 0.6 is 11.3 Å². The molecule has 0 spiro atoms. The Labute approximate surface area is 129 Å². The van der Waals surface area contributed by atoms with Gasteiger partial charge in [-0.3, -0.25) is 0 Å². The molecule has 1 aromatic heterocycles. The molecule has 7 heteroatoms. The second-order valence-corrected chi connectivity index (χ2v) is 6.22. The van der Waals surface area contributed by atoms with E-state index >= 15 is 0 Å². The first-order chi connectivity index (χ1) is 10.1. The number of carbonyl (C=O) groups excluding carboxylic acids is 1. The molecule has 3 N–H and O–H groups in total. The van der Waals surface area contributed by atoms with E-state index in [1.807, 2.05) is 0 Å². The lowest BCUT2D eigenvalue weighted by Crippen LogP contribution is -2.37. The van der Waals surface area contributed by atoms with E-state index in [0.29, 0.717) is 19.5 Å². The Morgan fingerprint density at radius 3 is 2.86 bits per heavy atom. The molecule has 1 saturated heterocycles. The van der Waals surface area contributed by atoms with Gasteiger partial charge >= 0.3 is 6.03 Å². The van der Waals surface area contributed by atoms with Crippen LogP contribution in [0.5, 0.6) is 0 Å². The second kappa shape index (κ2) is 8.19. The molecule has 2 heterocycles. The van der Waals surface area contributed by atoms with Gasteiger partial charge in [-0.15, -0.1) is 11.3 Å². The Kier molecular flexibility index (Phi) is 6.25. The minimum atomic E-state index is -0.385. The van der Waals surface area contributed by atoms with E-state index in [0.717, 1.165) is 30.3 Å².